The smallest absolute Gasteiger partial charge is 0.343 e. The van der Waals surface area contributed by atoms with Crippen LogP contribution in [0.15, 0.2) is 35.3 Å². The number of carbonyl (C=O) groups excluding carboxylic acids is 1. The standard InChI is InChI=1S/C29H37Cl2FN2O4Si/c1-9-37-28(36)19-15-34(24(17(2)3)16-38-39(7,8)29(4,5)6)23-14-21(31)22(33-26(23)27(19)35)13-18-11-10-12-20(30)25(18)32/h10-12,14-15,17,24H,9,13,16H2,1-8H3/t24-/m1/s1. The van der Waals surface area contributed by atoms with Gasteiger partial charge in [0.15, 0.2) is 8.32 Å². The minimum Gasteiger partial charge on any atom is -0.462 e. The van der Waals surface area contributed by atoms with E-state index in [4.69, 9.17) is 32.4 Å². The van der Waals surface area contributed by atoms with Crippen molar-refractivity contribution >= 4 is 48.5 Å². The molecule has 212 valence electrons. The van der Waals surface area contributed by atoms with Gasteiger partial charge in [-0.2, -0.15) is 0 Å². The van der Waals surface area contributed by atoms with Crippen molar-refractivity contribution in [2.24, 2.45) is 5.92 Å². The molecule has 2 aromatic heterocycles. The molecule has 0 fully saturated rings. The molecular weight excluding hydrogens is 558 g/mol. The van der Waals surface area contributed by atoms with Crippen molar-refractivity contribution in [2.45, 2.75) is 72.1 Å². The summed E-state index contributed by atoms with van der Waals surface area (Å²) in [6, 6.07) is 6.10. The van der Waals surface area contributed by atoms with Gasteiger partial charge >= 0.3 is 5.97 Å². The second kappa shape index (κ2) is 12.1. The Morgan fingerprint density at radius 1 is 1.18 bits per heavy atom. The van der Waals surface area contributed by atoms with Crippen LogP contribution in [0.2, 0.25) is 28.2 Å². The SMILES string of the molecule is CCOC(=O)c1cn([C@H](CO[Si](C)(C)C(C)(C)C)C(C)C)c2cc(Cl)c(Cc3cccc(Cl)c3F)nc2c1=O. The summed E-state index contributed by atoms with van der Waals surface area (Å²) >= 11 is 12.6. The van der Waals surface area contributed by atoms with Gasteiger partial charge in [-0.3, -0.25) is 4.79 Å². The lowest BCUT2D eigenvalue weighted by atomic mass is 10.0. The highest BCUT2D eigenvalue weighted by Crippen LogP contribution is 2.38. The highest BCUT2D eigenvalue weighted by Gasteiger charge is 2.38. The van der Waals surface area contributed by atoms with E-state index < -0.39 is 25.5 Å². The molecular formula is C29H37Cl2FN2O4Si. The van der Waals surface area contributed by atoms with Gasteiger partial charge < -0.3 is 13.7 Å². The third-order valence-electron chi connectivity index (χ3n) is 7.47. The van der Waals surface area contributed by atoms with Crippen LogP contribution in [-0.4, -0.2) is 37.1 Å². The van der Waals surface area contributed by atoms with E-state index >= 15 is 0 Å². The van der Waals surface area contributed by atoms with Crippen LogP contribution in [-0.2, 0) is 15.6 Å². The number of ether oxygens (including phenoxy) is 1. The van der Waals surface area contributed by atoms with Gasteiger partial charge in [0, 0.05) is 12.6 Å². The maximum atomic E-state index is 14.7. The van der Waals surface area contributed by atoms with E-state index in [-0.39, 0.29) is 51.2 Å². The number of pyridine rings is 2. The lowest BCUT2D eigenvalue weighted by molar-refractivity contribution is 0.0523. The van der Waals surface area contributed by atoms with Crippen molar-refractivity contribution < 1.29 is 18.3 Å². The molecule has 0 aliphatic carbocycles. The average Bonchev–Trinajstić information content (AvgIpc) is 2.83. The zero-order valence-corrected chi connectivity index (χ0v) is 26.3. The van der Waals surface area contributed by atoms with Gasteiger partial charge in [-0.25, -0.2) is 14.2 Å². The van der Waals surface area contributed by atoms with E-state index in [2.05, 4.69) is 52.7 Å². The molecule has 0 saturated carbocycles. The minimum atomic E-state index is -2.10. The second-order valence-corrected chi connectivity index (χ2v) is 17.2. The summed E-state index contributed by atoms with van der Waals surface area (Å²) in [5.41, 5.74) is 0.412. The van der Waals surface area contributed by atoms with E-state index in [1.165, 1.54) is 12.3 Å². The van der Waals surface area contributed by atoms with E-state index in [1.54, 1.807) is 25.1 Å². The van der Waals surface area contributed by atoms with Crippen LogP contribution in [0.3, 0.4) is 0 Å². The highest BCUT2D eigenvalue weighted by molar-refractivity contribution is 6.74. The van der Waals surface area contributed by atoms with Crippen molar-refractivity contribution in [3.05, 3.63) is 73.4 Å². The number of hydrogen-bond acceptors (Lipinski definition) is 5. The Morgan fingerprint density at radius 2 is 1.85 bits per heavy atom. The van der Waals surface area contributed by atoms with Crippen LogP contribution in [0.25, 0.3) is 11.0 Å². The van der Waals surface area contributed by atoms with Gasteiger partial charge in [0.25, 0.3) is 0 Å². The first-order valence-electron chi connectivity index (χ1n) is 13.1. The molecule has 0 N–H and O–H groups in total. The lowest BCUT2D eigenvalue weighted by Gasteiger charge is -2.38. The number of nitrogens with zero attached hydrogens (tertiary/aromatic N) is 2. The van der Waals surface area contributed by atoms with Crippen LogP contribution < -0.4 is 5.43 Å². The molecule has 0 aliphatic heterocycles. The molecule has 0 aliphatic rings. The third kappa shape index (κ3) is 6.73. The van der Waals surface area contributed by atoms with Gasteiger partial charge in [-0.15, -0.1) is 0 Å². The Kier molecular flexibility index (Phi) is 9.69. The molecule has 0 saturated heterocycles. The van der Waals surface area contributed by atoms with E-state index in [1.807, 2.05) is 4.57 Å². The number of carbonyl (C=O) groups is 1. The molecule has 3 rings (SSSR count). The first-order valence-corrected chi connectivity index (χ1v) is 16.7. The summed E-state index contributed by atoms with van der Waals surface area (Å²) in [6.45, 7) is 17.2. The van der Waals surface area contributed by atoms with Crippen molar-refractivity contribution in [1.29, 1.82) is 0 Å². The fourth-order valence-corrected chi connectivity index (χ4v) is 5.43. The molecule has 0 bridgehead atoms. The maximum absolute atomic E-state index is 14.7. The number of fused-ring (bicyclic) bond motifs is 1. The topological polar surface area (TPSA) is 70.4 Å². The van der Waals surface area contributed by atoms with Crippen molar-refractivity contribution in [3.8, 4) is 0 Å². The number of aromatic nitrogens is 2. The zero-order chi connectivity index (χ0) is 29.3. The number of halogens is 3. The Balaban J connectivity index is 2.23. The summed E-state index contributed by atoms with van der Waals surface area (Å²) in [6.07, 6.45) is 1.54. The monoisotopic (exact) mass is 594 g/mol. The van der Waals surface area contributed by atoms with E-state index in [0.717, 1.165) is 0 Å². The van der Waals surface area contributed by atoms with Crippen LogP contribution >= 0.6 is 23.2 Å². The molecule has 1 atom stereocenters. The van der Waals surface area contributed by atoms with E-state index in [0.29, 0.717) is 23.4 Å². The first-order chi connectivity index (χ1) is 18.1. The zero-order valence-electron chi connectivity index (χ0n) is 23.8. The molecule has 0 radical (unpaired) electrons. The largest absolute Gasteiger partial charge is 0.462 e. The Morgan fingerprint density at radius 3 is 2.44 bits per heavy atom. The highest BCUT2D eigenvalue weighted by atomic mass is 35.5. The molecule has 10 heteroatoms. The molecule has 0 amide bonds. The molecule has 6 nitrogen and oxygen atoms in total. The van der Waals surface area contributed by atoms with Gasteiger partial charge in [0.1, 0.15) is 16.9 Å². The van der Waals surface area contributed by atoms with Gasteiger partial charge in [0.05, 0.1) is 40.5 Å². The Hall–Kier alpha value is -2.26. The maximum Gasteiger partial charge on any atom is 0.343 e. The summed E-state index contributed by atoms with van der Waals surface area (Å²) < 4.78 is 28.3. The van der Waals surface area contributed by atoms with Gasteiger partial charge in [-0.1, -0.05) is 70.0 Å². The van der Waals surface area contributed by atoms with Crippen molar-refractivity contribution in [2.75, 3.05) is 13.2 Å². The van der Waals surface area contributed by atoms with Crippen LogP contribution in [0.5, 0.6) is 0 Å². The van der Waals surface area contributed by atoms with Gasteiger partial charge in [0.2, 0.25) is 5.43 Å². The molecule has 1 aromatic carbocycles. The quantitative estimate of drug-likeness (QED) is 0.186. The number of rotatable bonds is 9. The first kappa shape index (κ1) is 31.3. The number of benzene rings is 1. The lowest BCUT2D eigenvalue weighted by Crippen LogP contribution is -2.42. The van der Waals surface area contributed by atoms with E-state index in [9.17, 15) is 14.0 Å². The second-order valence-electron chi connectivity index (χ2n) is 11.6. The van der Waals surface area contributed by atoms with Crippen LogP contribution in [0.4, 0.5) is 4.39 Å². The average molecular weight is 596 g/mol. The third-order valence-corrected chi connectivity index (χ3v) is 12.6. The summed E-state index contributed by atoms with van der Waals surface area (Å²) in [7, 11) is -2.10. The molecule has 2 heterocycles. The summed E-state index contributed by atoms with van der Waals surface area (Å²) in [5, 5.41) is 0.260. The molecule has 0 spiro atoms. The Bertz CT molecular complexity index is 1430. The molecule has 0 unspecified atom stereocenters. The summed E-state index contributed by atoms with van der Waals surface area (Å²) in [5.74, 6) is -1.22. The predicted octanol–water partition coefficient (Wildman–Crippen LogP) is 7.83. The number of hydrogen-bond donors (Lipinski definition) is 0. The van der Waals surface area contributed by atoms with Crippen LogP contribution in [0.1, 0.15) is 69.2 Å². The van der Waals surface area contributed by atoms with Crippen LogP contribution in [0, 0.1) is 11.7 Å². The summed E-state index contributed by atoms with van der Waals surface area (Å²) in [4.78, 5) is 31.0. The van der Waals surface area contributed by atoms with Crippen molar-refractivity contribution in [1.82, 2.24) is 9.55 Å². The fourth-order valence-electron chi connectivity index (χ4n) is 4.00. The Labute approximate surface area is 240 Å². The normalized spacial score (nSPS) is 13.2. The minimum absolute atomic E-state index is 0.00556. The number of esters is 1. The van der Waals surface area contributed by atoms with Gasteiger partial charge in [-0.05, 0) is 48.7 Å². The predicted molar refractivity (Wildman–Crippen MR) is 158 cm³/mol. The van der Waals surface area contributed by atoms with Crippen molar-refractivity contribution in [3.63, 3.8) is 0 Å². The molecule has 39 heavy (non-hydrogen) atoms. The fraction of sp³-hybridized carbons (Fsp3) is 0.483. The molecule has 3 aromatic rings.